The predicted molar refractivity (Wildman–Crippen MR) is 96.4 cm³/mol. The largest absolute Gasteiger partial charge is 0.416 e. The summed E-state index contributed by atoms with van der Waals surface area (Å²) in [6.07, 6.45) is -4.42. The van der Waals surface area contributed by atoms with Crippen LogP contribution >= 0.6 is 0 Å². The summed E-state index contributed by atoms with van der Waals surface area (Å²) in [6, 6.07) is 11.6. The Labute approximate surface area is 149 Å². The minimum atomic E-state index is -4.42. The van der Waals surface area contributed by atoms with Gasteiger partial charge in [0.1, 0.15) is 0 Å². The summed E-state index contributed by atoms with van der Waals surface area (Å²) in [5.41, 5.74) is 1.99. The van der Waals surface area contributed by atoms with Gasteiger partial charge in [-0.2, -0.15) is 13.2 Å². The molecule has 136 valence electrons. The molecular formula is C20H19F3N2O. The van der Waals surface area contributed by atoms with E-state index in [9.17, 15) is 18.0 Å². The molecule has 2 N–H and O–H groups in total. The molecule has 2 aromatic carbocycles. The lowest BCUT2D eigenvalue weighted by molar-refractivity contribution is -0.137. The van der Waals surface area contributed by atoms with Crippen molar-refractivity contribution in [1.82, 2.24) is 4.98 Å². The second kappa shape index (κ2) is 6.20. The summed E-state index contributed by atoms with van der Waals surface area (Å²) < 4.78 is 37.8. The lowest BCUT2D eigenvalue weighted by Gasteiger charge is -2.15. The maximum atomic E-state index is 12.6. The summed E-state index contributed by atoms with van der Waals surface area (Å²) in [5, 5.41) is 3.68. The summed E-state index contributed by atoms with van der Waals surface area (Å²) in [4.78, 5) is 15.6. The van der Waals surface area contributed by atoms with Crippen LogP contribution in [0.15, 0.2) is 48.5 Å². The Bertz CT molecular complexity index is 948. The van der Waals surface area contributed by atoms with Gasteiger partial charge in [-0.3, -0.25) is 4.79 Å². The highest BCUT2D eigenvalue weighted by Gasteiger charge is 2.30. The highest BCUT2D eigenvalue weighted by molar-refractivity contribution is 6.05. The Morgan fingerprint density at radius 3 is 2.19 bits per heavy atom. The van der Waals surface area contributed by atoms with E-state index in [2.05, 4.69) is 31.1 Å². The molecule has 0 spiro atoms. The highest BCUT2D eigenvalue weighted by atomic mass is 19.4. The predicted octanol–water partition coefficient (Wildman–Crippen LogP) is 5.74. The van der Waals surface area contributed by atoms with Crippen LogP contribution in [-0.2, 0) is 11.6 Å². The molecule has 0 saturated heterocycles. The molecule has 26 heavy (non-hydrogen) atoms. The number of H-pyrrole nitrogens is 1. The van der Waals surface area contributed by atoms with Crippen molar-refractivity contribution in [3.05, 3.63) is 65.4 Å². The van der Waals surface area contributed by atoms with E-state index in [0.29, 0.717) is 5.69 Å². The topological polar surface area (TPSA) is 44.9 Å². The molecule has 3 rings (SSSR count). The van der Waals surface area contributed by atoms with Gasteiger partial charge in [0, 0.05) is 33.3 Å². The number of benzene rings is 2. The van der Waals surface area contributed by atoms with Gasteiger partial charge in [0.2, 0.25) is 0 Å². The molecule has 0 bridgehead atoms. The Balaban J connectivity index is 1.80. The number of aromatic amines is 1. The summed E-state index contributed by atoms with van der Waals surface area (Å²) in [7, 11) is 0. The van der Waals surface area contributed by atoms with Gasteiger partial charge in [-0.15, -0.1) is 0 Å². The van der Waals surface area contributed by atoms with Crippen LogP contribution in [0.1, 0.15) is 42.4 Å². The molecule has 0 unspecified atom stereocenters. The number of nitrogens with one attached hydrogen (secondary N) is 2. The van der Waals surface area contributed by atoms with Crippen LogP contribution in [0.5, 0.6) is 0 Å². The number of carbonyl (C=O) groups is 1. The Morgan fingerprint density at radius 2 is 1.62 bits per heavy atom. The molecule has 3 nitrogen and oxygen atoms in total. The standard InChI is InChI=1S/C20H19F3N2O/c1-19(2,3)17-11-13-10-15(8-9-16(13)25-17)24-18(26)12-4-6-14(7-5-12)20(21,22)23/h4-11,25H,1-3H3,(H,24,26). The molecule has 0 atom stereocenters. The number of anilines is 1. The van der Waals surface area contributed by atoms with Crippen molar-refractivity contribution in [2.24, 2.45) is 0 Å². The molecule has 0 radical (unpaired) electrons. The van der Waals surface area contributed by atoms with E-state index in [4.69, 9.17) is 0 Å². The minimum absolute atomic E-state index is 0.0251. The first-order valence-electron chi connectivity index (χ1n) is 8.16. The van der Waals surface area contributed by atoms with Gasteiger partial charge in [0.25, 0.3) is 5.91 Å². The first kappa shape index (κ1) is 18.0. The molecule has 3 aromatic rings. The zero-order chi connectivity index (χ0) is 19.1. The van der Waals surface area contributed by atoms with Crippen LogP contribution in [0, 0.1) is 0 Å². The van der Waals surface area contributed by atoms with E-state index < -0.39 is 17.6 Å². The number of hydrogen-bond acceptors (Lipinski definition) is 1. The first-order chi connectivity index (χ1) is 12.0. The molecule has 1 aromatic heterocycles. The number of carbonyl (C=O) groups excluding carboxylic acids is 1. The van der Waals surface area contributed by atoms with E-state index in [1.54, 1.807) is 6.07 Å². The van der Waals surface area contributed by atoms with Gasteiger partial charge in [0.05, 0.1) is 5.56 Å². The number of halogens is 3. The fourth-order valence-electron chi connectivity index (χ4n) is 2.63. The average molecular weight is 360 g/mol. The number of hydrogen-bond donors (Lipinski definition) is 2. The lowest BCUT2D eigenvalue weighted by atomic mass is 9.92. The number of amides is 1. The summed E-state index contributed by atoms with van der Waals surface area (Å²) in [6.45, 7) is 6.31. The second-order valence-corrected chi connectivity index (χ2v) is 7.26. The zero-order valence-corrected chi connectivity index (χ0v) is 14.7. The normalized spacial score (nSPS) is 12.4. The van der Waals surface area contributed by atoms with Crippen LogP contribution in [-0.4, -0.2) is 10.9 Å². The second-order valence-electron chi connectivity index (χ2n) is 7.26. The number of alkyl halides is 3. The van der Waals surface area contributed by atoms with Crippen LogP contribution in [0.2, 0.25) is 0 Å². The van der Waals surface area contributed by atoms with E-state index in [1.807, 2.05) is 18.2 Å². The van der Waals surface area contributed by atoms with Crippen LogP contribution < -0.4 is 5.32 Å². The lowest BCUT2D eigenvalue weighted by Crippen LogP contribution is -2.12. The fraction of sp³-hybridized carbons (Fsp3) is 0.250. The van der Waals surface area contributed by atoms with E-state index in [1.165, 1.54) is 12.1 Å². The quantitative estimate of drug-likeness (QED) is 0.602. The van der Waals surface area contributed by atoms with Crippen molar-refractivity contribution in [3.8, 4) is 0 Å². The smallest absolute Gasteiger partial charge is 0.358 e. The maximum Gasteiger partial charge on any atom is 0.416 e. The van der Waals surface area contributed by atoms with E-state index in [0.717, 1.165) is 28.7 Å². The van der Waals surface area contributed by atoms with Gasteiger partial charge >= 0.3 is 6.18 Å². The monoisotopic (exact) mass is 360 g/mol. The van der Waals surface area contributed by atoms with E-state index >= 15 is 0 Å². The third kappa shape index (κ3) is 3.74. The fourth-order valence-corrected chi connectivity index (χ4v) is 2.63. The van der Waals surface area contributed by atoms with Crippen molar-refractivity contribution in [2.75, 3.05) is 5.32 Å². The Morgan fingerprint density at radius 1 is 0.962 bits per heavy atom. The van der Waals surface area contributed by atoms with Gasteiger partial charge in [-0.05, 0) is 48.5 Å². The van der Waals surface area contributed by atoms with Crippen molar-refractivity contribution < 1.29 is 18.0 Å². The molecular weight excluding hydrogens is 341 g/mol. The highest BCUT2D eigenvalue weighted by Crippen LogP contribution is 2.30. The van der Waals surface area contributed by atoms with Gasteiger partial charge < -0.3 is 10.3 Å². The molecule has 0 aliphatic rings. The molecule has 0 aliphatic heterocycles. The van der Waals surface area contributed by atoms with Crippen molar-refractivity contribution in [3.63, 3.8) is 0 Å². The molecule has 1 heterocycles. The van der Waals surface area contributed by atoms with Crippen molar-refractivity contribution in [2.45, 2.75) is 32.4 Å². The molecule has 1 amide bonds. The third-order valence-corrected chi connectivity index (χ3v) is 4.16. The van der Waals surface area contributed by atoms with Crippen molar-refractivity contribution >= 4 is 22.5 Å². The van der Waals surface area contributed by atoms with Gasteiger partial charge in [-0.1, -0.05) is 20.8 Å². The number of rotatable bonds is 2. The van der Waals surface area contributed by atoms with Gasteiger partial charge in [-0.25, -0.2) is 0 Å². The summed E-state index contributed by atoms with van der Waals surface area (Å²) >= 11 is 0. The van der Waals surface area contributed by atoms with Crippen LogP contribution in [0.4, 0.5) is 18.9 Å². The molecule has 0 fully saturated rings. The first-order valence-corrected chi connectivity index (χ1v) is 8.16. The van der Waals surface area contributed by atoms with Crippen LogP contribution in [0.25, 0.3) is 10.9 Å². The average Bonchev–Trinajstić information content (AvgIpc) is 2.98. The summed E-state index contributed by atoms with van der Waals surface area (Å²) in [5.74, 6) is -0.454. The number of aromatic nitrogens is 1. The third-order valence-electron chi connectivity index (χ3n) is 4.16. The van der Waals surface area contributed by atoms with Crippen molar-refractivity contribution in [1.29, 1.82) is 0 Å². The molecule has 0 aliphatic carbocycles. The maximum absolute atomic E-state index is 12.6. The van der Waals surface area contributed by atoms with Gasteiger partial charge in [0.15, 0.2) is 0 Å². The van der Waals surface area contributed by atoms with Crippen LogP contribution in [0.3, 0.4) is 0 Å². The SMILES string of the molecule is CC(C)(C)c1cc2cc(NC(=O)c3ccc(C(F)(F)F)cc3)ccc2[nH]1. The Kier molecular flexibility index (Phi) is 4.30. The molecule has 0 saturated carbocycles. The number of fused-ring (bicyclic) bond motifs is 1. The minimum Gasteiger partial charge on any atom is -0.358 e. The van der Waals surface area contributed by atoms with E-state index in [-0.39, 0.29) is 11.0 Å². The zero-order valence-electron chi connectivity index (χ0n) is 14.7. The molecule has 6 heteroatoms. The Hall–Kier alpha value is -2.76.